The molecule has 0 saturated heterocycles. The van der Waals surface area contributed by atoms with Crippen LogP contribution < -0.4 is 5.55 Å². The van der Waals surface area contributed by atoms with Crippen LogP contribution in [-0.2, 0) is 0 Å². The molecular weight excluding hydrogens is 298 g/mol. The summed E-state index contributed by atoms with van der Waals surface area (Å²) in [4.78, 5) is 4.99. The van der Waals surface area contributed by atoms with Gasteiger partial charge in [0.25, 0.3) is 0 Å². The number of fused-ring (bicyclic) bond motifs is 5. The van der Waals surface area contributed by atoms with Gasteiger partial charge in [0.1, 0.15) is 11.0 Å². The topological polar surface area (TPSA) is 42.8 Å². The molecule has 5 rings (SSSR count). The molecule has 120 valence electrons. The number of rotatable bonds is 1. The van der Waals surface area contributed by atoms with Crippen LogP contribution in [0.15, 0.2) is 57.9 Å². The SMILES string of the molecule is c1ccc2c(c1)nn1c3ccccc3oc(=NC3CCCCC3)c21. The lowest BCUT2D eigenvalue weighted by Crippen LogP contribution is -2.16. The summed E-state index contributed by atoms with van der Waals surface area (Å²) in [5.41, 5.74) is 4.48. The van der Waals surface area contributed by atoms with E-state index in [0.29, 0.717) is 11.6 Å². The number of benzene rings is 2. The minimum absolute atomic E-state index is 0.362. The fraction of sp³-hybridized carbons (Fsp3) is 0.300. The highest BCUT2D eigenvalue weighted by Crippen LogP contribution is 2.23. The van der Waals surface area contributed by atoms with E-state index >= 15 is 0 Å². The molecule has 1 aliphatic rings. The molecule has 0 bridgehead atoms. The molecule has 2 heterocycles. The molecule has 1 fully saturated rings. The van der Waals surface area contributed by atoms with Gasteiger partial charge >= 0.3 is 0 Å². The van der Waals surface area contributed by atoms with Crippen molar-refractivity contribution in [2.45, 2.75) is 38.1 Å². The first-order chi connectivity index (χ1) is 11.9. The molecule has 0 atom stereocenters. The zero-order valence-corrected chi connectivity index (χ0v) is 13.5. The van der Waals surface area contributed by atoms with E-state index in [1.807, 2.05) is 47.0 Å². The second kappa shape index (κ2) is 5.48. The first kappa shape index (κ1) is 13.8. The Labute approximate surface area is 139 Å². The molecule has 0 amide bonds. The van der Waals surface area contributed by atoms with Crippen LogP contribution in [0.25, 0.3) is 27.5 Å². The smallest absolute Gasteiger partial charge is 0.241 e. The summed E-state index contributed by atoms with van der Waals surface area (Å²) in [6.07, 6.45) is 6.16. The van der Waals surface area contributed by atoms with E-state index in [-0.39, 0.29) is 0 Å². The molecular formula is C20H19N3O. The highest BCUT2D eigenvalue weighted by Gasteiger charge is 2.16. The lowest BCUT2D eigenvalue weighted by atomic mass is 9.96. The number of hydrogen-bond acceptors (Lipinski definition) is 3. The van der Waals surface area contributed by atoms with E-state index in [4.69, 9.17) is 14.5 Å². The molecule has 4 aromatic rings. The maximum absolute atomic E-state index is 6.22. The fourth-order valence-electron chi connectivity index (χ4n) is 3.75. The van der Waals surface area contributed by atoms with Gasteiger partial charge in [0.15, 0.2) is 5.58 Å². The first-order valence-corrected chi connectivity index (χ1v) is 8.73. The first-order valence-electron chi connectivity index (χ1n) is 8.73. The Hall–Kier alpha value is -2.62. The molecule has 0 unspecified atom stereocenters. The van der Waals surface area contributed by atoms with E-state index in [0.717, 1.165) is 40.4 Å². The predicted molar refractivity (Wildman–Crippen MR) is 94.9 cm³/mol. The summed E-state index contributed by atoms with van der Waals surface area (Å²) < 4.78 is 8.21. The Morgan fingerprint density at radius 2 is 1.75 bits per heavy atom. The number of hydrogen-bond donors (Lipinski definition) is 0. The van der Waals surface area contributed by atoms with Crippen molar-refractivity contribution in [2.24, 2.45) is 4.99 Å². The molecule has 4 nitrogen and oxygen atoms in total. The second-order valence-corrected chi connectivity index (χ2v) is 6.57. The van der Waals surface area contributed by atoms with Gasteiger partial charge in [-0.25, -0.2) is 9.51 Å². The van der Waals surface area contributed by atoms with Crippen LogP contribution in [0.4, 0.5) is 0 Å². The Balaban J connectivity index is 1.90. The predicted octanol–water partition coefficient (Wildman–Crippen LogP) is 4.47. The maximum Gasteiger partial charge on any atom is 0.241 e. The molecule has 0 radical (unpaired) electrons. The van der Waals surface area contributed by atoms with Gasteiger partial charge in [-0.3, -0.25) is 0 Å². The van der Waals surface area contributed by atoms with Crippen molar-refractivity contribution in [1.82, 2.24) is 9.61 Å². The van der Waals surface area contributed by atoms with E-state index in [9.17, 15) is 0 Å². The monoisotopic (exact) mass is 317 g/mol. The van der Waals surface area contributed by atoms with Gasteiger partial charge < -0.3 is 4.42 Å². The molecule has 24 heavy (non-hydrogen) atoms. The minimum Gasteiger partial charge on any atom is -0.435 e. The Kier molecular flexibility index (Phi) is 3.15. The van der Waals surface area contributed by atoms with Crippen LogP contribution >= 0.6 is 0 Å². The highest BCUT2D eigenvalue weighted by molar-refractivity contribution is 5.95. The van der Waals surface area contributed by atoms with Crippen molar-refractivity contribution in [3.8, 4) is 0 Å². The zero-order chi connectivity index (χ0) is 15.9. The number of para-hydroxylation sites is 2. The van der Waals surface area contributed by atoms with Crippen molar-refractivity contribution in [2.75, 3.05) is 0 Å². The molecule has 2 aromatic heterocycles. The summed E-state index contributed by atoms with van der Waals surface area (Å²) in [5, 5.41) is 5.89. The van der Waals surface area contributed by atoms with E-state index in [2.05, 4.69) is 6.07 Å². The van der Waals surface area contributed by atoms with Crippen LogP contribution in [0, 0.1) is 0 Å². The third-order valence-corrected chi connectivity index (χ3v) is 4.96. The van der Waals surface area contributed by atoms with Crippen LogP contribution in [0.3, 0.4) is 0 Å². The largest absolute Gasteiger partial charge is 0.435 e. The van der Waals surface area contributed by atoms with Gasteiger partial charge in [0.05, 0.1) is 11.6 Å². The summed E-state index contributed by atoms with van der Waals surface area (Å²) >= 11 is 0. The quantitative estimate of drug-likeness (QED) is 0.520. The van der Waals surface area contributed by atoms with Crippen LogP contribution in [0.1, 0.15) is 32.1 Å². The average molecular weight is 317 g/mol. The third-order valence-electron chi connectivity index (χ3n) is 4.96. The highest BCUT2D eigenvalue weighted by atomic mass is 16.3. The maximum atomic E-state index is 6.22. The standard InChI is InChI=1S/C20H19N3O/c1-2-8-14(9-3-1)21-20-19-15-10-4-5-11-16(15)22-23(19)17-12-6-7-13-18(17)24-20/h4-7,10-14H,1-3,8-9H2. The summed E-state index contributed by atoms with van der Waals surface area (Å²) in [6.45, 7) is 0. The van der Waals surface area contributed by atoms with Gasteiger partial charge in [-0.05, 0) is 31.0 Å². The van der Waals surface area contributed by atoms with Crippen molar-refractivity contribution in [1.29, 1.82) is 0 Å². The van der Waals surface area contributed by atoms with E-state index < -0.39 is 0 Å². The van der Waals surface area contributed by atoms with Gasteiger partial charge in [-0.1, -0.05) is 49.6 Å². The summed E-state index contributed by atoms with van der Waals surface area (Å²) in [6, 6.07) is 16.6. The van der Waals surface area contributed by atoms with Crippen molar-refractivity contribution in [3.05, 3.63) is 54.1 Å². The summed E-state index contributed by atoms with van der Waals surface area (Å²) in [5.74, 6) is 0. The van der Waals surface area contributed by atoms with Crippen molar-refractivity contribution >= 4 is 27.5 Å². The molecule has 0 aliphatic heterocycles. The lowest BCUT2D eigenvalue weighted by Gasteiger charge is -2.16. The van der Waals surface area contributed by atoms with Crippen LogP contribution in [0.2, 0.25) is 0 Å². The van der Waals surface area contributed by atoms with Crippen LogP contribution in [-0.4, -0.2) is 15.7 Å². The van der Waals surface area contributed by atoms with Crippen molar-refractivity contribution in [3.63, 3.8) is 0 Å². The number of aromatic nitrogens is 2. The molecule has 0 spiro atoms. The molecule has 0 N–H and O–H groups in total. The van der Waals surface area contributed by atoms with E-state index in [1.165, 1.54) is 19.3 Å². The minimum atomic E-state index is 0.362. The van der Waals surface area contributed by atoms with Gasteiger partial charge in [-0.15, -0.1) is 0 Å². The van der Waals surface area contributed by atoms with Crippen LogP contribution in [0.5, 0.6) is 0 Å². The second-order valence-electron chi connectivity index (χ2n) is 6.57. The Morgan fingerprint density at radius 3 is 2.67 bits per heavy atom. The van der Waals surface area contributed by atoms with E-state index in [1.54, 1.807) is 0 Å². The molecule has 4 heteroatoms. The van der Waals surface area contributed by atoms with Gasteiger partial charge in [0.2, 0.25) is 5.55 Å². The third kappa shape index (κ3) is 2.13. The fourth-order valence-corrected chi connectivity index (χ4v) is 3.75. The molecule has 1 saturated carbocycles. The van der Waals surface area contributed by atoms with Crippen molar-refractivity contribution < 1.29 is 4.42 Å². The Bertz CT molecular complexity index is 1100. The summed E-state index contributed by atoms with van der Waals surface area (Å²) in [7, 11) is 0. The average Bonchev–Trinajstić information content (AvgIpc) is 3.03. The molecule has 1 aliphatic carbocycles. The number of nitrogens with zero attached hydrogens (tertiary/aromatic N) is 3. The molecule has 2 aromatic carbocycles. The van der Waals surface area contributed by atoms with Gasteiger partial charge in [0, 0.05) is 5.39 Å². The normalized spacial score (nSPS) is 17.2. The Morgan fingerprint density at radius 1 is 0.958 bits per heavy atom. The zero-order valence-electron chi connectivity index (χ0n) is 13.5. The van der Waals surface area contributed by atoms with Gasteiger partial charge in [-0.2, -0.15) is 5.10 Å². The lowest BCUT2D eigenvalue weighted by molar-refractivity contribution is 0.418.